The zero-order chi connectivity index (χ0) is 14.5. The third-order valence-electron chi connectivity index (χ3n) is 3.74. The molecule has 2 N–H and O–H groups in total. The number of hydrogen-bond donors (Lipinski definition) is 2. The standard InChI is InChI=1S/C12H24N2O4S/c1-3-14(4-2)19(17,18)13-12(11(15)16)9-7-5-6-8-10-12/h13H,3-10H2,1-2H3,(H,15,16). The van der Waals surface area contributed by atoms with Crippen LogP contribution in [0.5, 0.6) is 0 Å². The normalized spacial score (nSPS) is 20.2. The summed E-state index contributed by atoms with van der Waals surface area (Å²) in [5, 5.41) is 9.46. The maximum absolute atomic E-state index is 12.2. The van der Waals surface area contributed by atoms with Crippen molar-refractivity contribution in [2.24, 2.45) is 0 Å². The van der Waals surface area contributed by atoms with Crippen LogP contribution in [-0.4, -0.2) is 42.4 Å². The molecule has 19 heavy (non-hydrogen) atoms. The Bertz CT molecular complexity index is 396. The number of aliphatic carboxylic acids is 1. The lowest BCUT2D eigenvalue weighted by atomic mass is 9.92. The van der Waals surface area contributed by atoms with Gasteiger partial charge < -0.3 is 5.11 Å². The first-order valence-electron chi connectivity index (χ1n) is 6.90. The second kappa shape index (κ2) is 6.67. The fourth-order valence-electron chi connectivity index (χ4n) is 2.57. The minimum Gasteiger partial charge on any atom is -0.480 e. The van der Waals surface area contributed by atoms with Crippen molar-refractivity contribution >= 4 is 16.2 Å². The van der Waals surface area contributed by atoms with Crippen molar-refractivity contribution in [3.63, 3.8) is 0 Å². The molecule has 0 amide bonds. The Hall–Kier alpha value is -0.660. The van der Waals surface area contributed by atoms with Crippen LogP contribution in [0.3, 0.4) is 0 Å². The SMILES string of the molecule is CCN(CC)S(=O)(=O)NC1(C(=O)O)CCCCCC1. The molecule has 0 spiro atoms. The predicted octanol–water partition coefficient (Wildman–Crippen LogP) is 1.34. The first kappa shape index (κ1) is 16.4. The van der Waals surface area contributed by atoms with E-state index in [2.05, 4.69) is 4.72 Å². The molecule has 0 bridgehead atoms. The monoisotopic (exact) mass is 292 g/mol. The average molecular weight is 292 g/mol. The minimum absolute atomic E-state index is 0.335. The molecule has 1 saturated carbocycles. The van der Waals surface area contributed by atoms with Crippen molar-refractivity contribution in [3.05, 3.63) is 0 Å². The van der Waals surface area contributed by atoms with Gasteiger partial charge in [0.05, 0.1) is 0 Å². The summed E-state index contributed by atoms with van der Waals surface area (Å²) in [7, 11) is -3.74. The summed E-state index contributed by atoms with van der Waals surface area (Å²) in [5.74, 6) is -1.06. The Labute approximate surface area is 115 Å². The minimum atomic E-state index is -3.74. The summed E-state index contributed by atoms with van der Waals surface area (Å²) in [6, 6.07) is 0. The molecule has 112 valence electrons. The Morgan fingerprint density at radius 3 is 2.00 bits per heavy atom. The van der Waals surface area contributed by atoms with Crippen LogP contribution in [0.1, 0.15) is 52.4 Å². The summed E-state index contributed by atoms with van der Waals surface area (Å²) in [5.41, 5.74) is -1.34. The molecular formula is C12H24N2O4S. The lowest BCUT2D eigenvalue weighted by molar-refractivity contribution is -0.144. The summed E-state index contributed by atoms with van der Waals surface area (Å²) < 4.78 is 28.2. The topological polar surface area (TPSA) is 86.7 Å². The van der Waals surface area contributed by atoms with Gasteiger partial charge in [0.1, 0.15) is 5.54 Å². The first-order chi connectivity index (χ1) is 8.88. The molecule has 0 aromatic rings. The molecule has 0 saturated heterocycles. The van der Waals surface area contributed by atoms with Gasteiger partial charge in [-0.15, -0.1) is 0 Å². The molecule has 7 heteroatoms. The number of rotatable bonds is 6. The molecule has 1 fully saturated rings. The molecular weight excluding hydrogens is 268 g/mol. The number of carboxylic acids is 1. The third kappa shape index (κ3) is 3.90. The van der Waals surface area contributed by atoms with Gasteiger partial charge >= 0.3 is 5.97 Å². The van der Waals surface area contributed by atoms with Gasteiger partial charge in [-0.25, -0.2) is 0 Å². The van der Waals surface area contributed by atoms with Crippen LogP contribution in [0.25, 0.3) is 0 Å². The van der Waals surface area contributed by atoms with E-state index in [0.717, 1.165) is 25.7 Å². The number of nitrogens with zero attached hydrogens (tertiary/aromatic N) is 1. The van der Waals surface area contributed by atoms with E-state index in [0.29, 0.717) is 25.9 Å². The van der Waals surface area contributed by atoms with Crippen LogP contribution in [-0.2, 0) is 15.0 Å². The van der Waals surface area contributed by atoms with Crippen LogP contribution in [0, 0.1) is 0 Å². The largest absolute Gasteiger partial charge is 0.480 e. The van der Waals surface area contributed by atoms with E-state index < -0.39 is 21.7 Å². The molecule has 0 aromatic heterocycles. The summed E-state index contributed by atoms with van der Waals surface area (Å²) in [6.45, 7) is 4.15. The van der Waals surface area contributed by atoms with Crippen molar-refractivity contribution in [2.75, 3.05) is 13.1 Å². The van der Waals surface area contributed by atoms with Crippen molar-refractivity contribution < 1.29 is 18.3 Å². The van der Waals surface area contributed by atoms with Crippen molar-refractivity contribution in [1.82, 2.24) is 9.03 Å². The van der Waals surface area contributed by atoms with E-state index in [-0.39, 0.29) is 0 Å². The lowest BCUT2D eigenvalue weighted by Gasteiger charge is -2.31. The van der Waals surface area contributed by atoms with Gasteiger partial charge in [-0.3, -0.25) is 4.79 Å². The Balaban J connectivity index is 2.98. The molecule has 0 heterocycles. The fourth-order valence-corrected chi connectivity index (χ4v) is 4.16. The number of hydrogen-bond acceptors (Lipinski definition) is 3. The number of carbonyl (C=O) groups is 1. The summed E-state index contributed by atoms with van der Waals surface area (Å²) >= 11 is 0. The van der Waals surface area contributed by atoms with Gasteiger partial charge in [-0.05, 0) is 12.8 Å². The fraction of sp³-hybridized carbons (Fsp3) is 0.917. The van der Waals surface area contributed by atoms with Crippen molar-refractivity contribution in [2.45, 2.75) is 57.9 Å². The highest BCUT2D eigenvalue weighted by Crippen LogP contribution is 2.28. The molecule has 6 nitrogen and oxygen atoms in total. The summed E-state index contributed by atoms with van der Waals surface area (Å²) in [4.78, 5) is 11.6. The van der Waals surface area contributed by atoms with E-state index in [1.807, 2.05) is 0 Å². The highest BCUT2D eigenvalue weighted by Gasteiger charge is 2.43. The van der Waals surface area contributed by atoms with Crippen LogP contribution in [0.4, 0.5) is 0 Å². The molecule has 0 aromatic carbocycles. The van der Waals surface area contributed by atoms with E-state index in [1.54, 1.807) is 13.8 Å². The predicted molar refractivity (Wildman–Crippen MR) is 73.0 cm³/mol. The van der Waals surface area contributed by atoms with E-state index in [4.69, 9.17) is 0 Å². The smallest absolute Gasteiger partial charge is 0.324 e. The highest BCUT2D eigenvalue weighted by atomic mass is 32.2. The second-order valence-corrected chi connectivity index (χ2v) is 6.66. The first-order valence-corrected chi connectivity index (χ1v) is 8.34. The highest BCUT2D eigenvalue weighted by molar-refractivity contribution is 7.87. The molecule has 0 atom stereocenters. The molecule has 1 rings (SSSR count). The van der Waals surface area contributed by atoms with E-state index >= 15 is 0 Å². The van der Waals surface area contributed by atoms with Crippen LogP contribution < -0.4 is 4.72 Å². The zero-order valence-corrected chi connectivity index (χ0v) is 12.5. The van der Waals surface area contributed by atoms with Gasteiger partial charge in [-0.2, -0.15) is 17.4 Å². The molecule has 1 aliphatic rings. The molecule has 0 aliphatic heterocycles. The van der Waals surface area contributed by atoms with Gasteiger partial charge in [0, 0.05) is 13.1 Å². The van der Waals surface area contributed by atoms with Gasteiger partial charge in [0.2, 0.25) is 0 Å². The molecule has 0 radical (unpaired) electrons. The summed E-state index contributed by atoms with van der Waals surface area (Å²) in [6.07, 6.45) is 4.13. The molecule has 1 aliphatic carbocycles. The maximum atomic E-state index is 12.2. The van der Waals surface area contributed by atoms with Gasteiger partial charge in [0.25, 0.3) is 10.2 Å². The maximum Gasteiger partial charge on any atom is 0.324 e. The Morgan fingerprint density at radius 2 is 1.63 bits per heavy atom. The average Bonchev–Trinajstić information content (AvgIpc) is 2.56. The number of carboxylic acid groups (broad SMARTS) is 1. The Morgan fingerprint density at radius 1 is 1.16 bits per heavy atom. The van der Waals surface area contributed by atoms with E-state index in [9.17, 15) is 18.3 Å². The van der Waals surface area contributed by atoms with Crippen LogP contribution in [0.2, 0.25) is 0 Å². The quantitative estimate of drug-likeness (QED) is 0.723. The van der Waals surface area contributed by atoms with Crippen LogP contribution in [0.15, 0.2) is 0 Å². The van der Waals surface area contributed by atoms with Crippen molar-refractivity contribution in [1.29, 1.82) is 0 Å². The second-order valence-electron chi connectivity index (χ2n) is 4.99. The van der Waals surface area contributed by atoms with Gasteiger partial charge in [-0.1, -0.05) is 39.5 Å². The number of nitrogens with one attached hydrogen (secondary N) is 1. The zero-order valence-electron chi connectivity index (χ0n) is 11.7. The van der Waals surface area contributed by atoms with Crippen LogP contribution >= 0.6 is 0 Å². The van der Waals surface area contributed by atoms with E-state index in [1.165, 1.54) is 4.31 Å². The third-order valence-corrected chi connectivity index (χ3v) is 5.58. The molecule has 0 unspecified atom stereocenters. The Kier molecular flexibility index (Phi) is 5.76. The van der Waals surface area contributed by atoms with Gasteiger partial charge in [0.15, 0.2) is 0 Å². The van der Waals surface area contributed by atoms with Crippen molar-refractivity contribution in [3.8, 4) is 0 Å². The lowest BCUT2D eigenvalue weighted by Crippen LogP contribution is -2.57.